The largest absolute Gasteiger partial charge is 0.497 e. The summed E-state index contributed by atoms with van der Waals surface area (Å²) >= 11 is 0. The molecule has 16 heavy (non-hydrogen) atoms. The van der Waals surface area contributed by atoms with Crippen LogP contribution in [0.25, 0.3) is 0 Å². The number of hydrogen-bond donors (Lipinski definition) is 0. The highest BCUT2D eigenvalue weighted by molar-refractivity contribution is 5.35. The molecule has 1 heterocycles. The summed E-state index contributed by atoms with van der Waals surface area (Å²) in [7, 11) is 1.63. The minimum atomic E-state index is 0.591. The summed E-state index contributed by atoms with van der Waals surface area (Å²) in [5.74, 6) is 2.08. The predicted octanol–water partition coefficient (Wildman–Crippen LogP) is 3.19. The molecule has 0 fully saturated rings. The average Bonchev–Trinajstić information content (AvgIpc) is 2.29. The van der Waals surface area contributed by atoms with Crippen molar-refractivity contribution in [3.05, 3.63) is 48.2 Å². The zero-order chi connectivity index (χ0) is 11.4. The number of pyridine rings is 1. The molecule has 2 rings (SSSR count). The monoisotopic (exact) mass is 215 g/mol. The van der Waals surface area contributed by atoms with E-state index in [0.29, 0.717) is 5.88 Å². The molecule has 0 atom stereocenters. The summed E-state index contributed by atoms with van der Waals surface area (Å²) < 4.78 is 10.7. The smallest absolute Gasteiger partial charge is 0.219 e. The van der Waals surface area contributed by atoms with Crippen LogP contribution in [0, 0.1) is 6.92 Å². The van der Waals surface area contributed by atoms with Crippen LogP contribution in [0.2, 0.25) is 0 Å². The van der Waals surface area contributed by atoms with Gasteiger partial charge in [0.15, 0.2) is 0 Å². The van der Waals surface area contributed by atoms with Gasteiger partial charge in [0.2, 0.25) is 5.88 Å². The zero-order valence-corrected chi connectivity index (χ0v) is 9.31. The molecule has 3 heteroatoms. The molecular weight excluding hydrogens is 202 g/mol. The lowest BCUT2D eigenvalue weighted by molar-refractivity contribution is 0.407. The van der Waals surface area contributed by atoms with Crippen molar-refractivity contribution < 1.29 is 9.47 Å². The first-order chi connectivity index (χ1) is 7.78. The topological polar surface area (TPSA) is 31.4 Å². The Balaban J connectivity index is 2.20. The maximum absolute atomic E-state index is 5.61. The molecule has 0 spiro atoms. The van der Waals surface area contributed by atoms with Gasteiger partial charge in [-0.1, -0.05) is 12.1 Å². The Morgan fingerprint density at radius 1 is 1.00 bits per heavy atom. The maximum atomic E-state index is 5.61. The quantitative estimate of drug-likeness (QED) is 0.787. The Hall–Kier alpha value is -2.03. The molecule has 0 aliphatic carbocycles. The van der Waals surface area contributed by atoms with Crippen LogP contribution < -0.4 is 9.47 Å². The minimum absolute atomic E-state index is 0.591. The van der Waals surface area contributed by atoms with E-state index in [4.69, 9.17) is 9.47 Å². The van der Waals surface area contributed by atoms with Gasteiger partial charge in [-0.2, -0.15) is 0 Å². The number of nitrogens with zero attached hydrogens (tertiary/aromatic N) is 1. The maximum Gasteiger partial charge on any atom is 0.219 e. The molecular formula is C13H13NO2. The van der Waals surface area contributed by atoms with E-state index in [9.17, 15) is 0 Å². The summed E-state index contributed by atoms with van der Waals surface area (Å²) in [5, 5.41) is 0. The number of aryl methyl sites for hydroxylation is 1. The molecule has 0 amide bonds. The van der Waals surface area contributed by atoms with Crippen molar-refractivity contribution in [2.75, 3.05) is 7.11 Å². The van der Waals surface area contributed by atoms with Gasteiger partial charge < -0.3 is 9.47 Å². The van der Waals surface area contributed by atoms with Crippen LogP contribution in [0.4, 0.5) is 0 Å². The highest BCUT2D eigenvalue weighted by atomic mass is 16.5. The molecule has 1 aromatic carbocycles. The second-order valence-corrected chi connectivity index (χ2v) is 3.40. The first-order valence-electron chi connectivity index (χ1n) is 5.03. The van der Waals surface area contributed by atoms with Gasteiger partial charge in [0.05, 0.1) is 7.11 Å². The summed E-state index contributed by atoms with van der Waals surface area (Å²) in [6, 6.07) is 13.1. The summed E-state index contributed by atoms with van der Waals surface area (Å²) in [5.41, 5.74) is 0.931. The van der Waals surface area contributed by atoms with Crippen LogP contribution in [0.5, 0.6) is 17.4 Å². The van der Waals surface area contributed by atoms with Crippen LogP contribution in [0.15, 0.2) is 42.5 Å². The van der Waals surface area contributed by atoms with E-state index in [1.54, 1.807) is 7.11 Å². The molecule has 0 radical (unpaired) electrons. The van der Waals surface area contributed by atoms with E-state index in [1.807, 2.05) is 49.4 Å². The van der Waals surface area contributed by atoms with Crippen LogP contribution >= 0.6 is 0 Å². The van der Waals surface area contributed by atoms with E-state index in [0.717, 1.165) is 17.2 Å². The lowest BCUT2D eigenvalue weighted by Crippen LogP contribution is -1.90. The van der Waals surface area contributed by atoms with Crippen molar-refractivity contribution >= 4 is 0 Å². The third kappa shape index (κ3) is 2.51. The number of hydrogen-bond acceptors (Lipinski definition) is 3. The molecule has 0 bridgehead atoms. The summed E-state index contributed by atoms with van der Waals surface area (Å²) in [4.78, 5) is 4.26. The van der Waals surface area contributed by atoms with Crippen molar-refractivity contribution in [2.45, 2.75) is 6.92 Å². The van der Waals surface area contributed by atoms with Crippen LogP contribution in [-0.4, -0.2) is 12.1 Å². The molecule has 0 saturated heterocycles. The fraction of sp³-hybridized carbons (Fsp3) is 0.154. The second-order valence-electron chi connectivity index (χ2n) is 3.40. The minimum Gasteiger partial charge on any atom is -0.497 e. The Morgan fingerprint density at radius 3 is 2.50 bits per heavy atom. The van der Waals surface area contributed by atoms with Crippen molar-refractivity contribution in [2.24, 2.45) is 0 Å². The highest BCUT2D eigenvalue weighted by Gasteiger charge is 2.00. The van der Waals surface area contributed by atoms with Crippen molar-refractivity contribution in [3.63, 3.8) is 0 Å². The average molecular weight is 215 g/mol. The first kappa shape index (κ1) is 10.5. The van der Waals surface area contributed by atoms with Gasteiger partial charge in [-0.25, -0.2) is 4.98 Å². The Kier molecular flexibility index (Phi) is 3.05. The van der Waals surface area contributed by atoms with Crippen molar-refractivity contribution in [1.82, 2.24) is 4.98 Å². The lowest BCUT2D eigenvalue weighted by Gasteiger charge is -2.06. The van der Waals surface area contributed by atoms with E-state index < -0.39 is 0 Å². The number of benzene rings is 1. The third-order valence-corrected chi connectivity index (χ3v) is 2.13. The molecule has 0 aliphatic heterocycles. The SMILES string of the molecule is COc1cccc(Oc2cccc(C)n2)c1. The van der Waals surface area contributed by atoms with Crippen LogP contribution in [0.1, 0.15) is 5.69 Å². The van der Waals surface area contributed by atoms with Crippen LogP contribution in [-0.2, 0) is 0 Å². The van der Waals surface area contributed by atoms with Gasteiger partial charge in [0.25, 0.3) is 0 Å². The fourth-order valence-corrected chi connectivity index (χ4v) is 1.36. The van der Waals surface area contributed by atoms with Gasteiger partial charge in [0.1, 0.15) is 11.5 Å². The van der Waals surface area contributed by atoms with Crippen molar-refractivity contribution in [1.29, 1.82) is 0 Å². The van der Waals surface area contributed by atoms with Gasteiger partial charge in [-0.15, -0.1) is 0 Å². The predicted molar refractivity (Wildman–Crippen MR) is 62.0 cm³/mol. The normalized spacial score (nSPS) is 9.88. The van der Waals surface area contributed by atoms with E-state index in [1.165, 1.54) is 0 Å². The van der Waals surface area contributed by atoms with Gasteiger partial charge in [0, 0.05) is 17.8 Å². The molecule has 0 saturated carbocycles. The first-order valence-corrected chi connectivity index (χ1v) is 5.03. The Bertz CT molecular complexity index is 483. The molecule has 0 unspecified atom stereocenters. The standard InChI is InChI=1S/C13H13NO2/c1-10-5-3-8-13(14-10)16-12-7-4-6-11(9-12)15-2/h3-9H,1-2H3. The van der Waals surface area contributed by atoms with E-state index in [2.05, 4.69) is 4.98 Å². The number of methoxy groups -OCH3 is 1. The van der Waals surface area contributed by atoms with E-state index in [-0.39, 0.29) is 0 Å². The van der Waals surface area contributed by atoms with Gasteiger partial charge in [-0.3, -0.25) is 0 Å². The Labute approximate surface area is 94.7 Å². The summed E-state index contributed by atoms with van der Waals surface area (Å²) in [6.45, 7) is 1.93. The number of aromatic nitrogens is 1. The molecule has 3 nitrogen and oxygen atoms in total. The third-order valence-electron chi connectivity index (χ3n) is 2.13. The zero-order valence-electron chi connectivity index (χ0n) is 9.31. The number of rotatable bonds is 3. The van der Waals surface area contributed by atoms with E-state index >= 15 is 0 Å². The second kappa shape index (κ2) is 4.66. The van der Waals surface area contributed by atoms with Crippen molar-refractivity contribution in [3.8, 4) is 17.4 Å². The molecule has 1 aromatic heterocycles. The molecule has 82 valence electrons. The summed E-state index contributed by atoms with van der Waals surface area (Å²) in [6.07, 6.45) is 0. The highest BCUT2D eigenvalue weighted by Crippen LogP contribution is 2.23. The molecule has 0 aliphatic rings. The number of ether oxygens (including phenoxy) is 2. The van der Waals surface area contributed by atoms with Gasteiger partial charge in [-0.05, 0) is 25.1 Å². The molecule has 0 N–H and O–H groups in total. The van der Waals surface area contributed by atoms with Gasteiger partial charge >= 0.3 is 0 Å². The van der Waals surface area contributed by atoms with Crippen LogP contribution in [0.3, 0.4) is 0 Å². The fourth-order valence-electron chi connectivity index (χ4n) is 1.36. The molecule has 2 aromatic rings. The lowest BCUT2D eigenvalue weighted by atomic mass is 10.3. The Morgan fingerprint density at radius 2 is 1.75 bits per heavy atom.